The summed E-state index contributed by atoms with van der Waals surface area (Å²) in [4.78, 5) is 26.9. The van der Waals surface area contributed by atoms with E-state index in [9.17, 15) is 4.79 Å². The minimum absolute atomic E-state index is 0.0635. The third-order valence-corrected chi connectivity index (χ3v) is 4.45. The third-order valence-electron chi connectivity index (χ3n) is 4.45. The Kier molecular flexibility index (Phi) is 5.53. The Morgan fingerprint density at radius 2 is 2.07 bits per heavy atom. The van der Waals surface area contributed by atoms with Crippen LogP contribution in [0.25, 0.3) is 17.0 Å². The summed E-state index contributed by atoms with van der Waals surface area (Å²) >= 11 is 0. The largest absolute Gasteiger partial charge is 0.474 e. The number of ether oxygens (including phenoxy) is 2. The van der Waals surface area contributed by atoms with Gasteiger partial charge in [0, 0.05) is 18.8 Å². The van der Waals surface area contributed by atoms with Crippen molar-refractivity contribution in [2.24, 2.45) is 0 Å². The molecule has 4 rings (SSSR count). The fourth-order valence-electron chi connectivity index (χ4n) is 3.02. The zero-order valence-corrected chi connectivity index (χ0v) is 15.3. The van der Waals surface area contributed by atoms with Crippen LogP contribution < -0.4 is 4.74 Å². The SMILES string of the molecule is O=C(/C=C/c1ccccn1)N1CCOC(COc2ncnc3ccccc23)C1. The first-order valence-electron chi connectivity index (χ1n) is 9.12. The van der Waals surface area contributed by atoms with E-state index in [4.69, 9.17) is 9.47 Å². The molecule has 0 N–H and O–H groups in total. The first-order valence-corrected chi connectivity index (χ1v) is 9.12. The number of para-hydroxylation sites is 1. The summed E-state index contributed by atoms with van der Waals surface area (Å²) in [6, 6.07) is 13.3. The van der Waals surface area contributed by atoms with Crippen molar-refractivity contribution in [3.05, 3.63) is 66.8 Å². The number of hydrogen-bond acceptors (Lipinski definition) is 6. The number of nitrogens with zero attached hydrogens (tertiary/aromatic N) is 4. The molecule has 1 fully saturated rings. The van der Waals surface area contributed by atoms with E-state index in [1.165, 1.54) is 6.33 Å². The molecule has 0 radical (unpaired) electrons. The molecule has 3 aromatic rings. The Morgan fingerprint density at radius 3 is 2.96 bits per heavy atom. The van der Waals surface area contributed by atoms with Crippen molar-refractivity contribution in [1.82, 2.24) is 19.9 Å². The molecule has 0 aliphatic carbocycles. The normalized spacial score (nSPS) is 17.1. The van der Waals surface area contributed by atoms with Crippen LogP contribution in [0.2, 0.25) is 0 Å². The summed E-state index contributed by atoms with van der Waals surface area (Å²) < 4.78 is 11.6. The quantitative estimate of drug-likeness (QED) is 0.636. The summed E-state index contributed by atoms with van der Waals surface area (Å²) in [5.74, 6) is 0.458. The average molecular weight is 376 g/mol. The molecule has 1 aromatic carbocycles. The number of rotatable bonds is 5. The second-order valence-corrected chi connectivity index (χ2v) is 6.37. The van der Waals surface area contributed by atoms with Gasteiger partial charge in [0.05, 0.1) is 29.7 Å². The summed E-state index contributed by atoms with van der Waals surface area (Å²) in [6.07, 6.45) is 6.23. The molecule has 7 nitrogen and oxygen atoms in total. The molecule has 1 saturated heterocycles. The maximum absolute atomic E-state index is 12.5. The number of hydrogen-bond donors (Lipinski definition) is 0. The van der Waals surface area contributed by atoms with Gasteiger partial charge in [-0.2, -0.15) is 0 Å². The van der Waals surface area contributed by atoms with Crippen LogP contribution in [0.3, 0.4) is 0 Å². The first kappa shape index (κ1) is 18.1. The van der Waals surface area contributed by atoms with Gasteiger partial charge >= 0.3 is 0 Å². The van der Waals surface area contributed by atoms with Gasteiger partial charge < -0.3 is 14.4 Å². The summed E-state index contributed by atoms with van der Waals surface area (Å²) in [5, 5.41) is 0.854. The highest BCUT2D eigenvalue weighted by atomic mass is 16.5. The van der Waals surface area contributed by atoms with Crippen molar-refractivity contribution in [3.63, 3.8) is 0 Å². The van der Waals surface area contributed by atoms with Crippen LogP contribution in [0.5, 0.6) is 5.88 Å². The molecule has 142 valence electrons. The van der Waals surface area contributed by atoms with Gasteiger partial charge in [-0.3, -0.25) is 9.78 Å². The van der Waals surface area contributed by atoms with Gasteiger partial charge in [0.2, 0.25) is 11.8 Å². The van der Waals surface area contributed by atoms with Gasteiger partial charge in [-0.1, -0.05) is 18.2 Å². The van der Waals surface area contributed by atoms with Crippen molar-refractivity contribution in [2.45, 2.75) is 6.10 Å². The molecule has 1 aliphatic heterocycles. The van der Waals surface area contributed by atoms with Gasteiger partial charge in [-0.05, 0) is 30.3 Å². The highest BCUT2D eigenvalue weighted by molar-refractivity contribution is 5.91. The van der Waals surface area contributed by atoms with Crippen molar-refractivity contribution in [3.8, 4) is 5.88 Å². The number of morpholine rings is 1. The van der Waals surface area contributed by atoms with Gasteiger partial charge in [-0.25, -0.2) is 9.97 Å². The number of benzene rings is 1. The molecular formula is C21H20N4O3. The Morgan fingerprint density at radius 1 is 1.18 bits per heavy atom. The zero-order chi connectivity index (χ0) is 19.2. The first-order chi connectivity index (χ1) is 13.8. The lowest BCUT2D eigenvalue weighted by Gasteiger charge is -2.32. The Balaban J connectivity index is 1.36. The molecule has 1 unspecified atom stereocenters. The predicted molar refractivity (Wildman–Crippen MR) is 105 cm³/mol. The molecule has 0 saturated carbocycles. The van der Waals surface area contributed by atoms with Gasteiger partial charge in [0.1, 0.15) is 19.0 Å². The Hall–Kier alpha value is -3.32. The van der Waals surface area contributed by atoms with Gasteiger partial charge in [0.15, 0.2) is 0 Å². The molecule has 1 aliphatic rings. The van der Waals surface area contributed by atoms with E-state index in [0.29, 0.717) is 32.2 Å². The predicted octanol–water partition coefficient (Wildman–Crippen LogP) is 2.34. The van der Waals surface area contributed by atoms with E-state index in [1.54, 1.807) is 23.2 Å². The average Bonchev–Trinajstić information content (AvgIpc) is 2.77. The summed E-state index contributed by atoms with van der Waals surface area (Å²) in [5.41, 5.74) is 1.58. The van der Waals surface area contributed by atoms with Gasteiger partial charge in [0.25, 0.3) is 0 Å². The van der Waals surface area contributed by atoms with E-state index in [0.717, 1.165) is 16.6 Å². The van der Waals surface area contributed by atoms with Crippen molar-refractivity contribution in [2.75, 3.05) is 26.3 Å². The van der Waals surface area contributed by atoms with Crippen LogP contribution in [-0.2, 0) is 9.53 Å². The maximum atomic E-state index is 12.5. The Labute approximate surface area is 162 Å². The zero-order valence-electron chi connectivity index (χ0n) is 15.3. The lowest BCUT2D eigenvalue weighted by molar-refractivity contribution is -0.134. The van der Waals surface area contributed by atoms with Crippen molar-refractivity contribution in [1.29, 1.82) is 0 Å². The molecule has 28 heavy (non-hydrogen) atoms. The molecule has 7 heteroatoms. The van der Waals surface area contributed by atoms with Crippen LogP contribution in [-0.4, -0.2) is 58.2 Å². The maximum Gasteiger partial charge on any atom is 0.246 e. The van der Waals surface area contributed by atoms with Crippen molar-refractivity contribution >= 4 is 22.9 Å². The smallest absolute Gasteiger partial charge is 0.246 e. The standard InChI is InChI=1S/C21H20N4O3/c26-20(9-8-16-5-3-4-10-22-16)25-11-12-27-17(13-25)14-28-21-18-6-1-2-7-19(18)23-15-24-21/h1-10,15,17H,11-14H2/b9-8+. The number of carbonyl (C=O) groups excluding carboxylic acids is 1. The number of pyridine rings is 1. The summed E-state index contributed by atoms with van der Waals surface area (Å²) in [6.45, 7) is 1.81. The number of fused-ring (bicyclic) bond motifs is 1. The van der Waals surface area contributed by atoms with E-state index in [1.807, 2.05) is 42.5 Å². The van der Waals surface area contributed by atoms with E-state index in [2.05, 4.69) is 15.0 Å². The lowest BCUT2D eigenvalue weighted by atomic mass is 10.2. The van der Waals surface area contributed by atoms with E-state index in [-0.39, 0.29) is 12.0 Å². The topological polar surface area (TPSA) is 77.4 Å². The molecule has 1 atom stereocenters. The summed E-state index contributed by atoms with van der Waals surface area (Å²) in [7, 11) is 0. The highest BCUT2D eigenvalue weighted by Gasteiger charge is 2.24. The molecule has 3 heterocycles. The van der Waals surface area contributed by atoms with Crippen LogP contribution in [0, 0.1) is 0 Å². The Bertz CT molecular complexity index is 972. The van der Waals surface area contributed by atoms with Crippen LogP contribution in [0.4, 0.5) is 0 Å². The molecule has 0 bridgehead atoms. The molecule has 2 aromatic heterocycles. The van der Waals surface area contributed by atoms with Gasteiger partial charge in [-0.15, -0.1) is 0 Å². The van der Waals surface area contributed by atoms with E-state index >= 15 is 0 Å². The van der Waals surface area contributed by atoms with Crippen LogP contribution in [0.15, 0.2) is 61.1 Å². The second kappa shape index (κ2) is 8.58. The molecule has 0 spiro atoms. The second-order valence-electron chi connectivity index (χ2n) is 6.37. The fourth-order valence-corrected chi connectivity index (χ4v) is 3.02. The third kappa shape index (κ3) is 4.32. The van der Waals surface area contributed by atoms with Crippen LogP contribution in [0.1, 0.15) is 5.69 Å². The van der Waals surface area contributed by atoms with Crippen LogP contribution >= 0.6 is 0 Å². The number of carbonyl (C=O) groups is 1. The highest BCUT2D eigenvalue weighted by Crippen LogP contribution is 2.21. The number of amides is 1. The molecular weight excluding hydrogens is 356 g/mol. The van der Waals surface area contributed by atoms with E-state index < -0.39 is 0 Å². The fraction of sp³-hybridized carbons (Fsp3) is 0.238. The monoisotopic (exact) mass is 376 g/mol. The molecule has 1 amide bonds. The lowest BCUT2D eigenvalue weighted by Crippen LogP contribution is -2.47. The minimum Gasteiger partial charge on any atom is -0.474 e. The van der Waals surface area contributed by atoms with Crippen molar-refractivity contribution < 1.29 is 14.3 Å². The minimum atomic E-state index is -0.213. The number of aromatic nitrogens is 3.